The number of nitrogens with zero attached hydrogens (tertiary/aromatic N) is 5. The maximum Gasteiger partial charge on any atom is 0.252 e. The molecule has 7 heteroatoms. The molecule has 0 amide bonds. The SMILES string of the molecule is CCC[C@H](c1nnnn1C(C)(C)CC)N(CCc1ccccc1)Cc1cc2cc(C)ccc2[nH]c1=O. The summed E-state index contributed by atoms with van der Waals surface area (Å²) < 4.78 is 1.98. The fourth-order valence-corrected chi connectivity index (χ4v) is 4.70. The number of tetrazole rings is 1. The molecule has 0 aliphatic rings. The van der Waals surface area contributed by atoms with Crippen LogP contribution >= 0.6 is 0 Å². The largest absolute Gasteiger partial charge is 0.322 e. The molecular formula is C29H38N6O. The third-order valence-corrected chi connectivity index (χ3v) is 7.21. The predicted molar refractivity (Wildman–Crippen MR) is 145 cm³/mol. The number of fused-ring (bicyclic) bond motifs is 1. The Balaban J connectivity index is 1.74. The lowest BCUT2D eigenvalue weighted by Crippen LogP contribution is -2.37. The zero-order valence-corrected chi connectivity index (χ0v) is 22.2. The van der Waals surface area contributed by atoms with Crippen molar-refractivity contribution < 1.29 is 0 Å². The van der Waals surface area contributed by atoms with Crippen molar-refractivity contribution in [1.82, 2.24) is 30.1 Å². The van der Waals surface area contributed by atoms with Crippen molar-refractivity contribution in [2.45, 2.75) is 78.4 Å². The molecule has 36 heavy (non-hydrogen) atoms. The first-order chi connectivity index (χ1) is 17.3. The van der Waals surface area contributed by atoms with E-state index in [0.29, 0.717) is 6.54 Å². The number of benzene rings is 2. The number of pyridine rings is 1. The van der Waals surface area contributed by atoms with Crippen LogP contribution in [0.3, 0.4) is 0 Å². The highest BCUT2D eigenvalue weighted by Gasteiger charge is 2.31. The number of aryl methyl sites for hydroxylation is 1. The molecule has 0 aliphatic heterocycles. The highest BCUT2D eigenvalue weighted by molar-refractivity contribution is 5.79. The van der Waals surface area contributed by atoms with Crippen molar-refractivity contribution in [3.05, 3.63) is 87.5 Å². The van der Waals surface area contributed by atoms with E-state index in [-0.39, 0.29) is 17.1 Å². The number of hydrogen-bond acceptors (Lipinski definition) is 5. The van der Waals surface area contributed by atoms with Crippen molar-refractivity contribution in [2.75, 3.05) is 6.54 Å². The van der Waals surface area contributed by atoms with Gasteiger partial charge in [0, 0.05) is 24.2 Å². The van der Waals surface area contributed by atoms with Gasteiger partial charge in [-0.3, -0.25) is 9.69 Å². The number of aromatic amines is 1. The summed E-state index contributed by atoms with van der Waals surface area (Å²) in [6, 6.07) is 18.7. The molecule has 0 aliphatic carbocycles. The zero-order valence-electron chi connectivity index (χ0n) is 22.2. The molecule has 0 fully saturated rings. The van der Waals surface area contributed by atoms with Crippen molar-refractivity contribution in [3.8, 4) is 0 Å². The Labute approximate surface area is 213 Å². The number of hydrogen-bond donors (Lipinski definition) is 1. The number of nitrogens with one attached hydrogen (secondary N) is 1. The summed E-state index contributed by atoms with van der Waals surface area (Å²) in [7, 11) is 0. The van der Waals surface area contributed by atoms with Gasteiger partial charge in [0.05, 0.1) is 11.6 Å². The van der Waals surface area contributed by atoms with Gasteiger partial charge in [0.2, 0.25) is 0 Å². The quantitative estimate of drug-likeness (QED) is 0.300. The van der Waals surface area contributed by atoms with Crippen LogP contribution in [0.15, 0.2) is 59.4 Å². The number of rotatable bonds is 11. The van der Waals surface area contributed by atoms with E-state index in [1.165, 1.54) is 11.1 Å². The highest BCUT2D eigenvalue weighted by atomic mass is 16.1. The molecule has 1 N–H and O–H groups in total. The molecule has 0 radical (unpaired) electrons. The molecule has 1 atom stereocenters. The van der Waals surface area contributed by atoms with E-state index in [1.807, 2.05) is 28.9 Å². The normalized spacial score (nSPS) is 12.9. The second-order valence-electron chi connectivity index (χ2n) is 10.3. The van der Waals surface area contributed by atoms with E-state index in [2.05, 4.69) is 90.4 Å². The van der Waals surface area contributed by atoms with E-state index < -0.39 is 0 Å². The first-order valence-corrected chi connectivity index (χ1v) is 13.0. The van der Waals surface area contributed by atoms with Crippen LogP contribution in [0.4, 0.5) is 0 Å². The van der Waals surface area contributed by atoms with Gasteiger partial charge in [0.25, 0.3) is 5.56 Å². The maximum absolute atomic E-state index is 13.1. The van der Waals surface area contributed by atoms with Crippen LogP contribution in [-0.2, 0) is 18.5 Å². The summed E-state index contributed by atoms with van der Waals surface area (Å²) in [6.07, 6.45) is 3.68. The second kappa shape index (κ2) is 11.2. The van der Waals surface area contributed by atoms with Gasteiger partial charge < -0.3 is 4.98 Å². The average Bonchev–Trinajstić information content (AvgIpc) is 3.37. The molecule has 7 nitrogen and oxygen atoms in total. The fourth-order valence-electron chi connectivity index (χ4n) is 4.70. The standard InChI is InChI=1S/C29H38N6O/c1-6-11-26(27-31-32-33-35(27)29(4,5)7-2)34(17-16-22-12-9-8-10-13-22)20-24-19-23-18-21(3)14-15-25(23)30-28(24)36/h8-10,12-15,18-19,26H,6-7,11,16-17,20H2,1-5H3,(H,30,36)/t26-/m1/s1. The lowest BCUT2D eigenvalue weighted by Gasteiger charge is -2.33. The molecule has 0 saturated heterocycles. The van der Waals surface area contributed by atoms with Crippen LogP contribution in [0, 0.1) is 6.92 Å². The molecule has 190 valence electrons. The van der Waals surface area contributed by atoms with Gasteiger partial charge in [-0.1, -0.05) is 62.2 Å². The number of aromatic nitrogens is 5. The first-order valence-electron chi connectivity index (χ1n) is 13.0. The Bertz CT molecular complexity index is 1340. The summed E-state index contributed by atoms with van der Waals surface area (Å²) in [5, 5.41) is 14.1. The van der Waals surface area contributed by atoms with Crippen LogP contribution in [0.2, 0.25) is 0 Å². The Kier molecular flexibility index (Phi) is 7.99. The van der Waals surface area contributed by atoms with Gasteiger partial charge in [0.1, 0.15) is 0 Å². The van der Waals surface area contributed by atoms with Gasteiger partial charge in [-0.25, -0.2) is 4.68 Å². The van der Waals surface area contributed by atoms with Crippen molar-refractivity contribution in [3.63, 3.8) is 0 Å². The monoisotopic (exact) mass is 486 g/mol. The van der Waals surface area contributed by atoms with E-state index in [9.17, 15) is 4.79 Å². The lowest BCUT2D eigenvalue weighted by atomic mass is 10.00. The average molecular weight is 487 g/mol. The van der Waals surface area contributed by atoms with Crippen molar-refractivity contribution >= 4 is 10.9 Å². The summed E-state index contributed by atoms with van der Waals surface area (Å²) in [4.78, 5) is 18.6. The third-order valence-electron chi connectivity index (χ3n) is 7.21. The Hall–Kier alpha value is -3.32. The van der Waals surface area contributed by atoms with E-state index in [0.717, 1.165) is 54.5 Å². The number of H-pyrrole nitrogens is 1. The smallest absolute Gasteiger partial charge is 0.252 e. The van der Waals surface area contributed by atoms with E-state index >= 15 is 0 Å². The maximum atomic E-state index is 13.1. The predicted octanol–water partition coefficient (Wildman–Crippen LogP) is 5.55. The van der Waals surface area contributed by atoms with Crippen LogP contribution < -0.4 is 5.56 Å². The second-order valence-corrected chi connectivity index (χ2v) is 10.3. The molecule has 4 rings (SSSR count). The summed E-state index contributed by atoms with van der Waals surface area (Å²) >= 11 is 0. The van der Waals surface area contributed by atoms with E-state index in [4.69, 9.17) is 0 Å². The van der Waals surface area contributed by atoms with Gasteiger partial charge >= 0.3 is 0 Å². The molecule has 2 aromatic heterocycles. The lowest BCUT2D eigenvalue weighted by molar-refractivity contribution is 0.155. The van der Waals surface area contributed by atoms with Gasteiger partial charge in [0.15, 0.2) is 5.82 Å². The minimum Gasteiger partial charge on any atom is -0.322 e. The summed E-state index contributed by atoms with van der Waals surface area (Å²) in [5.41, 5.74) is 3.83. The van der Waals surface area contributed by atoms with Gasteiger partial charge in [-0.2, -0.15) is 0 Å². The van der Waals surface area contributed by atoms with Crippen LogP contribution in [-0.4, -0.2) is 36.6 Å². The molecular weight excluding hydrogens is 448 g/mol. The summed E-state index contributed by atoms with van der Waals surface area (Å²) in [5.74, 6) is 0.866. The van der Waals surface area contributed by atoms with Crippen molar-refractivity contribution in [1.29, 1.82) is 0 Å². The molecule has 2 heterocycles. The van der Waals surface area contributed by atoms with E-state index in [1.54, 1.807) is 0 Å². The summed E-state index contributed by atoms with van der Waals surface area (Å²) in [6.45, 7) is 12.1. The minimum atomic E-state index is -0.201. The Morgan fingerprint density at radius 1 is 1.08 bits per heavy atom. The van der Waals surface area contributed by atoms with Gasteiger partial charge in [-0.05, 0) is 79.6 Å². The molecule has 4 aromatic rings. The molecule has 0 spiro atoms. The topological polar surface area (TPSA) is 79.7 Å². The van der Waals surface area contributed by atoms with Gasteiger partial charge in [-0.15, -0.1) is 5.10 Å². The highest BCUT2D eigenvalue weighted by Crippen LogP contribution is 2.30. The van der Waals surface area contributed by atoms with Crippen LogP contribution in [0.1, 0.15) is 75.5 Å². The molecule has 0 unspecified atom stereocenters. The van der Waals surface area contributed by atoms with Crippen molar-refractivity contribution in [2.24, 2.45) is 0 Å². The minimum absolute atomic E-state index is 0.00727. The van der Waals surface area contributed by atoms with Crippen LogP contribution in [0.5, 0.6) is 0 Å². The Morgan fingerprint density at radius 3 is 2.58 bits per heavy atom. The Morgan fingerprint density at radius 2 is 1.86 bits per heavy atom. The first kappa shape index (κ1) is 25.8. The van der Waals surface area contributed by atoms with Crippen LogP contribution in [0.25, 0.3) is 10.9 Å². The molecule has 2 aromatic carbocycles. The fraction of sp³-hybridized carbons (Fsp3) is 0.448. The zero-order chi connectivity index (χ0) is 25.7. The molecule has 0 bridgehead atoms. The molecule has 0 saturated carbocycles. The third kappa shape index (κ3) is 5.73.